The number of methoxy groups -OCH3 is 2. The minimum atomic E-state index is -0.567. The van der Waals surface area contributed by atoms with E-state index in [9.17, 15) is 14.4 Å². The first-order chi connectivity index (χ1) is 19.8. The highest BCUT2D eigenvalue weighted by molar-refractivity contribution is 9.10. The molecule has 0 saturated carbocycles. The van der Waals surface area contributed by atoms with E-state index in [1.165, 1.54) is 0 Å². The number of piperidine rings is 1. The zero-order valence-corrected chi connectivity index (χ0v) is 25.1. The lowest BCUT2D eigenvalue weighted by Crippen LogP contribution is -2.55. The number of hydrogen-bond acceptors (Lipinski definition) is 5. The number of rotatable bonds is 7. The van der Waals surface area contributed by atoms with E-state index < -0.39 is 12.0 Å². The predicted octanol–water partition coefficient (Wildman–Crippen LogP) is 5.13. The molecule has 0 radical (unpaired) electrons. The van der Waals surface area contributed by atoms with Crippen LogP contribution in [0.25, 0.3) is 0 Å². The Morgan fingerprint density at radius 1 is 0.902 bits per heavy atom. The van der Waals surface area contributed by atoms with Gasteiger partial charge in [0.1, 0.15) is 0 Å². The van der Waals surface area contributed by atoms with Crippen LogP contribution in [0.2, 0.25) is 0 Å². The van der Waals surface area contributed by atoms with Crippen LogP contribution in [0.15, 0.2) is 71.2 Å². The SMILES string of the molecule is COc1ccc(C2C(C(=O)N3CCN(Cc4ccc(Br)cc4)C(=O)C3)CCC(=O)N2c2ccc(C)cc2)cc1OC. The van der Waals surface area contributed by atoms with Crippen LogP contribution in [0.1, 0.15) is 35.6 Å². The molecule has 0 aromatic heterocycles. The van der Waals surface area contributed by atoms with Gasteiger partial charge in [0.2, 0.25) is 17.7 Å². The lowest BCUT2D eigenvalue weighted by Gasteiger charge is -2.43. The van der Waals surface area contributed by atoms with Gasteiger partial charge in [-0.3, -0.25) is 14.4 Å². The van der Waals surface area contributed by atoms with Crippen LogP contribution < -0.4 is 14.4 Å². The minimum absolute atomic E-state index is 0.0169. The van der Waals surface area contributed by atoms with Gasteiger partial charge >= 0.3 is 0 Å². The molecular weight excluding hydrogens is 586 g/mol. The summed E-state index contributed by atoms with van der Waals surface area (Å²) < 4.78 is 12.0. The van der Waals surface area contributed by atoms with Crippen molar-refractivity contribution in [3.8, 4) is 11.5 Å². The van der Waals surface area contributed by atoms with Crippen LogP contribution in [0, 0.1) is 12.8 Å². The van der Waals surface area contributed by atoms with Crippen LogP contribution >= 0.6 is 15.9 Å². The Balaban J connectivity index is 1.43. The van der Waals surface area contributed by atoms with Crippen molar-refractivity contribution in [1.82, 2.24) is 9.80 Å². The van der Waals surface area contributed by atoms with Crippen LogP contribution in [-0.2, 0) is 20.9 Å². The highest BCUT2D eigenvalue weighted by Gasteiger charge is 2.44. The van der Waals surface area contributed by atoms with E-state index in [0.29, 0.717) is 37.6 Å². The van der Waals surface area contributed by atoms with Gasteiger partial charge in [0.25, 0.3) is 0 Å². The first-order valence-corrected chi connectivity index (χ1v) is 14.5. The molecule has 41 heavy (non-hydrogen) atoms. The van der Waals surface area contributed by atoms with E-state index in [1.54, 1.807) is 35.0 Å². The molecule has 2 unspecified atom stereocenters. The molecule has 3 aromatic carbocycles. The first kappa shape index (κ1) is 28.7. The van der Waals surface area contributed by atoms with Crippen molar-refractivity contribution >= 4 is 39.3 Å². The quantitative estimate of drug-likeness (QED) is 0.366. The number of piperazine rings is 1. The Hall–Kier alpha value is -3.85. The number of carbonyl (C=O) groups excluding carboxylic acids is 3. The summed E-state index contributed by atoms with van der Waals surface area (Å²) in [6, 6.07) is 20.6. The average Bonchev–Trinajstić information content (AvgIpc) is 2.99. The largest absolute Gasteiger partial charge is 0.493 e. The number of amides is 3. The fourth-order valence-electron chi connectivity index (χ4n) is 5.69. The summed E-state index contributed by atoms with van der Waals surface area (Å²) in [7, 11) is 3.13. The smallest absolute Gasteiger partial charge is 0.242 e. The standard InChI is InChI=1S/C32H34BrN3O5/c1-21-4-11-25(12-5-21)36-29(37)15-13-26(31(36)23-8-14-27(40-2)28(18-23)41-3)32(39)35-17-16-34(30(38)20-35)19-22-6-9-24(33)10-7-22/h4-12,14,18,26,31H,13,15-17,19-20H2,1-3H3. The number of halogens is 1. The minimum Gasteiger partial charge on any atom is -0.493 e. The fraction of sp³-hybridized carbons (Fsp3) is 0.344. The molecule has 2 atom stereocenters. The van der Waals surface area contributed by atoms with Gasteiger partial charge in [0.15, 0.2) is 11.5 Å². The molecule has 0 N–H and O–H groups in total. The lowest BCUT2D eigenvalue weighted by molar-refractivity contribution is -0.149. The number of carbonyl (C=O) groups is 3. The van der Waals surface area contributed by atoms with Crippen molar-refractivity contribution in [2.75, 3.05) is 38.8 Å². The molecule has 2 aliphatic rings. The molecule has 2 saturated heterocycles. The third-order valence-corrected chi connectivity index (χ3v) is 8.42. The monoisotopic (exact) mass is 619 g/mol. The van der Waals surface area contributed by atoms with E-state index in [0.717, 1.165) is 26.9 Å². The van der Waals surface area contributed by atoms with Crippen molar-refractivity contribution in [2.24, 2.45) is 5.92 Å². The van der Waals surface area contributed by atoms with Crippen LogP contribution in [-0.4, -0.2) is 61.4 Å². The molecule has 2 heterocycles. The topological polar surface area (TPSA) is 79.4 Å². The second-order valence-corrected chi connectivity index (χ2v) is 11.4. The van der Waals surface area contributed by atoms with E-state index in [4.69, 9.17) is 9.47 Å². The van der Waals surface area contributed by atoms with Gasteiger partial charge in [-0.1, -0.05) is 51.8 Å². The summed E-state index contributed by atoms with van der Waals surface area (Å²) in [6.07, 6.45) is 0.637. The molecule has 0 aliphatic carbocycles. The molecule has 3 aromatic rings. The average molecular weight is 621 g/mol. The molecule has 2 fully saturated rings. The van der Waals surface area contributed by atoms with Crippen molar-refractivity contribution in [3.63, 3.8) is 0 Å². The number of hydrogen-bond donors (Lipinski definition) is 0. The van der Waals surface area contributed by atoms with E-state index in [1.807, 2.05) is 67.6 Å². The second kappa shape index (κ2) is 12.3. The van der Waals surface area contributed by atoms with Crippen molar-refractivity contribution in [3.05, 3.63) is 87.9 Å². The fourth-order valence-corrected chi connectivity index (χ4v) is 5.95. The zero-order chi connectivity index (χ0) is 29.1. The third-order valence-electron chi connectivity index (χ3n) is 7.89. The van der Waals surface area contributed by atoms with Gasteiger partial charge in [-0.05, 0) is 60.9 Å². The number of benzene rings is 3. The summed E-state index contributed by atoms with van der Waals surface area (Å²) in [5.41, 5.74) is 3.62. The van der Waals surface area contributed by atoms with Crippen LogP contribution in [0.4, 0.5) is 5.69 Å². The Labute approximate surface area is 249 Å². The van der Waals surface area contributed by atoms with E-state index >= 15 is 0 Å². The van der Waals surface area contributed by atoms with Crippen LogP contribution in [0.5, 0.6) is 11.5 Å². The zero-order valence-electron chi connectivity index (χ0n) is 23.5. The molecular formula is C32H34BrN3O5. The van der Waals surface area contributed by atoms with Crippen LogP contribution in [0.3, 0.4) is 0 Å². The lowest BCUT2D eigenvalue weighted by atomic mass is 9.82. The van der Waals surface area contributed by atoms with E-state index in [2.05, 4.69) is 15.9 Å². The maximum Gasteiger partial charge on any atom is 0.242 e. The highest BCUT2D eigenvalue weighted by atomic mass is 79.9. The highest BCUT2D eigenvalue weighted by Crippen LogP contribution is 2.43. The number of anilines is 1. The third kappa shape index (κ3) is 6.10. The van der Waals surface area contributed by atoms with Gasteiger partial charge in [-0.15, -0.1) is 0 Å². The van der Waals surface area contributed by atoms with E-state index in [-0.39, 0.29) is 30.7 Å². The van der Waals surface area contributed by atoms with Gasteiger partial charge in [0, 0.05) is 36.2 Å². The summed E-state index contributed by atoms with van der Waals surface area (Å²) in [6.45, 7) is 3.40. The predicted molar refractivity (Wildman–Crippen MR) is 160 cm³/mol. The molecule has 8 nitrogen and oxygen atoms in total. The summed E-state index contributed by atoms with van der Waals surface area (Å²) in [4.78, 5) is 46.0. The first-order valence-electron chi connectivity index (χ1n) is 13.7. The van der Waals surface area contributed by atoms with Gasteiger partial charge < -0.3 is 24.2 Å². The Kier molecular flexibility index (Phi) is 8.63. The Bertz CT molecular complexity index is 1430. The molecule has 3 amide bonds. The van der Waals surface area contributed by atoms with Gasteiger partial charge in [0.05, 0.1) is 32.7 Å². The Morgan fingerprint density at radius 3 is 2.27 bits per heavy atom. The molecule has 5 rings (SSSR count). The molecule has 0 bridgehead atoms. The summed E-state index contributed by atoms with van der Waals surface area (Å²) in [5.74, 6) is 0.306. The molecule has 0 spiro atoms. The maximum absolute atomic E-state index is 14.2. The molecule has 9 heteroatoms. The number of nitrogens with zero attached hydrogens (tertiary/aromatic N) is 3. The van der Waals surface area contributed by atoms with Gasteiger partial charge in [-0.25, -0.2) is 0 Å². The number of ether oxygens (including phenoxy) is 2. The van der Waals surface area contributed by atoms with Crippen molar-refractivity contribution in [1.29, 1.82) is 0 Å². The van der Waals surface area contributed by atoms with Crippen molar-refractivity contribution in [2.45, 2.75) is 32.4 Å². The van der Waals surface area contributed by atoms with Gasteiger partial charge in [-0.2, -0.15) is 0 Å². The Morgan fingerprint density at radius 2 is 1.61 bits per heavy atom. The summed E-state index contributed by atoms with van der Waals surface area (Å²) in [5, 5.41) is 0. The second-order valence-electron chi connectivity index (χ2n) is 10.5. The van der Waals surface area contributed by atoms with Crippen molar-refractivity contribution < 1.29 is 23.9 Å². The molecule has 214 valence electrons. The normalized spacial score (nSPS) is 19.4. The number of aryl methyl sites for hydroxylation is 1. The summed E-state index contributed by atoms with van der Waals surface area (Å²) >= 11 is 3.44. The maximum atomic E-state index is 14.2. The molecule has 2 aliphatic heterocycles.